The molecule has 10 heteroatoms. The number of hydrogen-bond acceptors (Lipinski definition) is 6. The number of carbonyl (C=O) groups is 1. The van der Waals surface area contributed by atoms with Crippen molar-refractivity contribution in [1.82, 2.24) is 9.66 Å². The average Bonchev–Trinajstić information content (AvgIpc) is 2.97. The third kappa shape index (κ3) is 7.23. The minimum atomic E-state index is -0.336. The zero-order chi connectivity index (χ0) is 29.5. The first-order valence-corrected chi connectivity index (χ1v) is 14.2. The van der Waals surface area contributed by atoms with Crippen LogP contribution in [0.25, 0.3) is 10.9 Å². The highest BCUT2D eigenvalue weighted by atomic mass is 79.9. The number of rotatable bonds is 11. The number of amides is 1. The van der Waals surface area contributed by atoms with Gasteiger partial charge < -0.3 is 14.8 Å². The predicted molar refractivity (Wildman–Crippen MR) is 168 cm³/mol. The van der Waals surface area contributed by atoms with Crippen LogP contribution in [0.3, 0.4) is 0 Å². The Morgan fingerprint density at radius 3 is 2.66 bits per heavy atom. The van der Waals surface area contributed by atoms with Crippen LogP contribution in [0.5, 0.6) is 11.5 Å². The number of fused-ring (bicyclic) bond motifs is 1. The summed E-state index contributed by atoms with van der Waals surface area (Å²) in [4.78, 5) is 30.8. The van der Waals surface area contributed by atoms with Crippen LogP contribution in [-0.2, 0) is 11.2 Å². The van der Waals surface area contributed by atoms with E-state index in [4.69, 9.17) is 26.1 Å². The zero-order valence-corrected chi connectivity index (χ0v) is 25.3. The zero-order valence-electron chi connectivity index (χ0n) is 23.0. The van der Waals surface area contributed by atoms with E-state index in [1.54, 1.807) is 48.7 Å². The van der Waals surface area contributed by atoms with Gasteiger partial charge in [-0.25, -0.2) is 4.98 Å². The van der Waals surface area contributed by atoms with E-state index in [9.17, 15) is 9.59 Å². The summed E-state index contributed by atoms with van der Waals surface area (Å²) in [5.74, 6) is 1.09. The molecule has 1 N–H and O–H groups in total. The van der Waals surface area contributed by atoms with Crippen LogP contribution in [-0.4, -0.2) is 35.5 Å². The Bertz CT molecular complexity index is 1670. The summed E-state index contributed by atoms with van der Waals surface area (Å²) in [5.41, 5.74) is 2.39. The summed E-state index contributed by atoms with van der Waals surface area (Å²) in [7, 11) is 1.52. The molecule has 41 heavy (non-hydrogen) atoms. The van der Waals surface area contributed by atoms with Gasteiger partial charge in [0.2, 0.25) is 0 Å². The van der Waals surface area contributed by atoms with Crippen LogP contribution in [0.1, 0.15) is 43.1 Å². The minimum absolute atomic E-state index is 0.00792. The number of nitrogens with one attached hydrogen (secondary N) is 1. The molecule has 0 saturated carbocycles. The fourth-order valence-electron chi connectivity index (χ4n) is 4.15. The molecule has 212 valence electrons. The molecule has 1 aromatic heterocycles. The summed E-state index contributed by atoms with van der Waals surface area (Å²) in [6, 6.07) is 15.8. The molecule has 0 aliphatic heterocycles. The number of hydrogen-bond donors (Lipinski definition) is 1. The van der Waals surface area contributed by atoms with Gasteiger partial charge in [-0.05, 0) is 73.0 Å². The van der Waals surface area contributed by atoms with E-state index in [2.05, 4.69) is 32.9 Å². The van der Waals surface area contributed by atoms with Crippen LogP contribution in [0.2, 0.25) is 5.02 Å². The second kappa shape index (κ2) is 13.6. The number of ether oxygens (including phenoxy) is 2. The largest absolute Gasteiger partial charge is 0.493 e. The van der Waals surface area contributed by atoms with Crippen molar-refractivity contribution in [2.24, 2.45) is 5.10 Å². The summed E-state index contributed by atoms with van der Waals surface area (Å²) in [6.07, 6.45) is 4.56. The third-order valence-corrected chi connectivity index (χ3v) is 7.17. The Morgan fingerprint density at radius 2 is 1.98 bits per heavy atom. The minimum Gasteiger partial charge on any atom is -0.493 e. The standard InChI is InChI=1S/C31H30BrClN4O4/c1-5-7-21-14-20(15-27(40-4)29(21)41-18-28(38)35-24-11-9-23(33)10-12-24)17-34-37-30(19(3)6-2)36-26-13-8-22(32)16-25(26)31(37)39/h5,8-17,19H,1,6-7,18H2,2-4H3,(H,35,38)/t19-/m1/s1. The van der Waals surface area contributed by atoms with Gasteiger partial charge in [-0.2, -0.15) is 9.78 Å². The lowest BCUT2D eigenvalue weighted by Crippen LogP contribution is -2.23. The Labute approximate surface area is 251 Å². The number of anilines is 1. The highest BCUT2D eigenvalue weighted by Crippen LogP contribution is 2.33. The number of allylic oxidation sites excluding steroid dienone is 1. The summed E-state index contributed by atoms with van der Waals surface area (Å²) in [5, 5.41) is 8.38. The second-order valence-corrected chi connectivity index (χ2v) is 10.7. The highest BCUT2D eigenvalue weighted by molar-refractivity contribution is 9.10. The van der Waals surface area contributed by atoms with Gasteiger partial charge in [0, 0.05) is 26.7 Å². The van der Waals surface area contributed by atoms with E-state index in [-0.39, 0.29) is 24.0 Å². The van der Waals surface area contributed by atoms with Gasteiger partial charge in [-0.1, -0.05) is 47.5 Å². The SMILES string of the molecule is C=CCc1cc(C=Nn2c([C@H](C)CC)nc3ccc(Br)cc3c2=O)cc(OC)c1OCC(=O)Nc1ccc(Cl)cc1. The lowest BCUT2D eigenvalue weighted by Gasteiger charge is -2.16. The highest BCUT2D eigenvalue weighted by Gasteiger charge is 2.17. The molecule has 0 unspecified atom stereocenters. The molecule has 0 bridgehead atoms. The van der Waals surface area contributed by atoms with Crippen molar-refractivity contribution in [3.8, 4) is 11.5 Å². The van der Waals surface area contributed by atoms with Gasteiger partial charge in [0.05, 0.1) is 24.2 Å². The van der Waals surface area contributed by atoms with Crippen molar-refractivity contribution in [1.29, 1.82) is 0 Å². The van der Waals surface area contributed by atoms with Gasteiger partial charge in [-0.15, -0.1) is 6.58 Å². The number of aromatic nitrogens is 2. The fraction of sp³-hybridized carbons (Fsp3) is 0.226. The van der Waals surface area contributed by atoms with Crippen molar-refractivity contribution in [2.75, 3.05) is 19.0 Å². The molecule has 0 spiro atoms. The lowest BCUT2D eigenvalue weighted by molar-refractivity contribution is -0.118. The first-order valence-electron chi connectivity index (χ1n) is 13.0. The third-order valence-electron chi connectivity index (χ3n) is 6.42. The molecule has 0 aliphatic carbocycles. The Kier molecular flexibility index (Phi) is 9.96. The first kappa shape index (κ1) is 30.0. The maximum absolute atomic E-state index is 13.5. The van der Waals surface area contributed by atoms with Crippen molar-refractivity contribution < 1.29 is 14.3 Å². The monoisotopic (exact) mass is 636 g/mol. The molecule has 0 radical (unpaired) electrons. The molecule has 4 rings (SSSR count). The summed E-state index contributed by atoms with van der Waals surface area (Å²) < 4.78 is 13.7. The lowest BCUT2D eigenvalue weighted by atomic mass is 10.1. The number of nitrogens with zero attached hydrogens (tertiary/aromatic N) is 3. The quantitative estimate of drug-likeness (QED) is 0.142. The van der Waals surface area contributed by atoms with Gasteiger partial charge in [0.15, 0.2) is 18.1 Å². The molecule has 0 aliphatic rings. The van der Waals surface area contributed by atoms with Crippen molar-refractivity contribution in [3.63, 3.8) is 0 Å². The smallest absolute Gasteiger partial charge is 0.282 e. The number of carbonyl (C=O) groups excluding carboxylic acids is 1. The van der Waals surface area contributed by atoms with Gasteiger partial charge >= 0.3 is 0 Å². The van der Waals surface area contributed by atoms with E-state index in [1.807, 2.05) is 32.0 Å². The van der Waals surface area contributed by atoms with Crippen LogP contribution < -0.4 is 20.3 Å². The normalized spacial score (nSPS) is 11.9. The Balaban J connectivity index is 1.66. The Hall–Kier alpha value is -3.95. The van der Waals surface area contributed by atoms with Crippen LogP contribution >= 0.6 is 27.5 Å². The molecule has 1 atom stereocenters. The molecule has 0 saturated heterocycles. The van der Waals surface area contributed by atoms with Crippen LogP contribution in [0.15, 0.2) is 81.6 Å². The van der Waals surface area contributed by atoms with Gasteiger partial charge in [0.1, 0.15) is 5.82 Å². The van der Waals surface area contributed by atoms with E-state index in [1.165, 1.54) is 11.8 Å². The fourth-order valence-corrected chi connectivity index (χ4v) is 4.64. The van der Waals surface area contributed by atoms with Gasteiger partial charge in [-0.3, -0.25) is 9.59 Å². The van der Waals surface area contributed by atoms with Crippen LogP contribution in [0.4, 0.5) is 5.69 Å². The Morgan fingerprint density at radius 1 is 1.22 bits per heavy atom. The van der Waals surface area contributed by atoms with Crippen molar-refractivity contribution >= 4 is 56.2 Å². The van der Waals surface area contributed by atoms with E-state index in [0.29, 0.717) is 50.9 Å². The number of halogens is 2. The molecule has 1 amide bonds. The maximum Gasteiger partial charge on any atom is 0.282 e. The molecular formula is C31H30BrClN4O4. The number of methoxy groups -OCH3 is 1. The van der Waals surface area contributed by atoms with Crippen molar-refractivity contribution in [2.45, 2.75) is 32.6 Å². The predicted octanol–water partition coefficient (Wildman–Crippen LogP) is 6.96. The topological polar surface area (TPSA) is 94.8 Å². The van der Waals surface area contributed by atoms with Crippen molar-refractivity contribution in [3.05, 3.63) is 104 Å². The molecular weight excluding hydrogens is 608 g/mol. The summed E-state index contributed by atoms with van der Waals surface area (Å²) in [6.45, 7) is 7.66. The molecule has 4 aromatic rings. The van der Waals surface area contributed by atoms with Gasteiger partial charge in [0.25, 0.3) is 11.5 Å². The van der Waals surface area contributed by atoms with E-state index in [0.717, 1.165) is 16.5 Å². The molecule has 0 fully saturated rings. The second-order valence-electron chi connectivity index (χ2n) is 9.35. The van der Waals surface area contributed by atoms with Crippen LogP contribution in [0, 0.1) is 0 Å². The summed E-state index contributed by atoms with van der Waals surface area (Å²) >= 11 is 9.35. The number of benzene rings is 3. The maximum atomic E-state index is 13.5. The molecule has 8 nitrogen and oxygen atoms in total. The van der Waals surface area contributed by atoms with E-state index < -0.39 is 0 Å². The average molecular weight is 638 g/mol. The molecule has 1 heterocycles. The molecule has 3 aromatic carbocycles. The van der Waals surface area contributed by atoms with E-state index >= 15 is 0 Å². The first-order chi connectivity index (χ1) is 19.7.